The molecule has 1 aromatic rings. The number of aliphatic imine (C=N–C) groups is 1. The van der Waals surface area contributed by atoms with E-state index >= 15 is 0 Å². The number of quaternary nitrogens is 1. The van der Waals surface area contributed by atoms with Gasteiger partial charge in [0.05, 0.1) is 6.20 Å². The van der Waals surface area contributed by atoms with E-state index in [2.05, 4.69) is 15.3 Å². The van der Waals surface area contributed by atoms with E-state index in [1.54, 1.807) is 4.90 Å². The molecule has 2 atom stereocenters. The zero-order valence-electron chi connectivity index (χ0n) is 19.1. The van der Waals surface area contributed by atoms with Gasteiger partial charge in [-0.05, 0) is 57.5 Å². The maximum Gasteiger partial charge on any atom is 0.330 e. The number of Topliss-reactive ketones (excluding diaryl/α,β-unsaturated/α-hetero) is 1. The molecule has 11 nitrogen and oxygen atoms in total. The fourth-order valence-electron chi connectivity index (χ4n) is 4.61. The first-order valence-electron chi connectivity index (χ1n) is 11.8. The van der Waals surface area contributed by atoms with E-state index in [1.165, 1.54) is 30.6 Å². The van der Waals surface area contributed by atoms with E-state index in [9.17, 15) is 14.4 Å². The van der Waals surface area contributed by atoms with Gasteiger partial charge in [-0.25, -0.2) is 9.78 Å². The van der Waals surface area contributed by atoms with Crippen LogP contribution < -0.4 is 22.1 Å². The van der Waals surface area contributed by atoms with Crippen molar-refractivity contribution in [1.82, 2.24) is 15.2 Å². The van der Waals surface area contributed by atoms with E-state index in [1.807, 2.05) is 0 Å². The molecule has 0 aliphatic carbocycles. The van der Waals surface area contributed by atoms with E-state index < -0.39 is 6.04 Å². The molecule has 0 spiro atoms. The molecule has 33 heavy (non-hydrogen) atoms. The van der Waals surface area contributed by atoms with Crippen LogP contribution in [0.2, 0.25) is 0 Å². The third-order valence-corrected chi connectivity index (χ3v) is 6.47. The smallest absolute Gasteiger partial charge is 0.330 e. The summed E-state index contributed by atoms with van der Waals surface area (Å²) in [6.45, 7) is 3.03. The number of ketones is 1. The Morgan fingerprint density at radius 2 is 2.06 bits per heavy atom. The second-order valence-corrected chi connectivity index (χ2v) is 8.91. The summed E-state index contributed by atoms with van der Waals surface area (Å²) in [7, 11) is 0. The lowest BCUT2D eigenvalue weighted by atomic mass is 9.89. The summed E-state index contributed by atoms with van der Waals surface area (Å²) in [4.78, 5) is 47.8. The molecule has 2 aliphatic rings. The van der Waals surface area contributed by atoms with Crippen molar-refractivity contribution in [2.45, 2.75) is 51.0 Å². The minimum atomic E-state index is -0.709. The van der Waals surface area contributed by atoms with Crippen LogP contribution in [0.25, 0.3) is 0 Å². The number of carbonyl (C=O) groups excluding carboxylic acids is 3. The molecule has 0 bridgehead atoms. The van der Waals surface area contributed by atoms with Crippen molar-refractivity contribution < 1.29 is 24.1 Å². The van der Waals surface area contributed by atoms with Crippen LogP contribution in [0.5, 0.6) is 0 Å². The zero-order chi connectivity index (χ0) is 23.6. The standard InChI is InChI=1S/C22H35N7O4/c23-22(24)27-8-1-2-17(19(31)20-26-11-13-33-20)28-18(30)14-29-12-7-16(21(29)32)4-3-15-5-9-25-10-6-15/h11,13,15-17,25H,1-10,12,14H2,(H,28,30)(H4,23,24,27)/p+1. The lowest BCUT2D eigenvalue weighted by Gasteiger charge is -2.23. The highest BCUT2D eigenvalue weighted by atomic mass is 16.3. The van der Waals surface area contributed by atoms with Crippen LogP contribution in [0.15, 0.2) is 21.9 Å². The summed E-state index contributed by atoms with van der Waals surface area (Å²) >= 11 is 0. The van der Waals surface area contributed by atoms with Crippen molar-refractivity contribution in [3.05, 3.63) is 18.4 Å². The van der Waals surface area contributed by atoms with Gasteiger partial charge in [0.15, 0.2) is 12.0 Å². The molecular weight excluding hydrogens is 426 g/mol. The molecule has 2 fully saturated rings. The van der Waals surface area contributed by atoms with Crippen molar-refractivity contribution in [2.24, 2.45) is 28.3 Å². The van der Waals surface area contributed by atoms with Gasteiger partial charge in [-0.3, -0.25) is 19.9 Å². The Balaban J connectivity index is 1.49. The first kappa shape index (κ1) is 24.8. The Hall–Kier alpha value is -2.79. The highest BCUT2D eigenvalue weighted by Crippen LogP contribution is 2.27. The van der Waals surface area contributed by atoms with Gasteiger partial charge >= 0.3 is 5.91 Å². The number of rotatable bonds is 12. The number of nitrogens with zero attached hydrogens (tertiary/aromatic N) is 3. The Kier molecular flexibility index (Phi) is 9.37. The number of carbonyl (C=O) groups is 3. The van der Waals surface area contributed by atoms with Crippen molar-refractivity contribution >= 4 is 23.6 Å². The summed E-state index contributed by atoms with van der Waals surface area (Å²) in [5.41, 5.74) is 10.7. The summed E-state index contributed by atoms with van der Waals surface area (Å²) < 4.78 is 5.12. The van der Waals surface area contributed by atoms with Crippen LogP contribution >= 0.6 is 0 Å². The first-order valence-corrected chi connectivity index (χ1v) is 11.8. The molecule has 0 aromatic carbocycles. The minimum absolute atomic E-state index is 0.00276. The second kappa shape index (κ2) is 12.4. The highest BCUT2D eigenvalue weighted by molar-refractivity contribution is 5.95. The maximum atomic E-state index is 12.8. The Morgan fingerprint density at radius 1 is 1.27 bits per heavy atom. The molecule has 7 N–H and O–H groups in total. The zero-order valence-corrected chi connectivity index (χ0v) is 19.1. The number of aromatic nitrogens is 1. The normalized spacial score (nSPS) is 20.1. The van der Waals surface area contributed by atoms with Crippen LogP contribution in [0.4, 0.5) is 0 Å². The van der Waals surface area contributed by atoms with Gasteiger partial charge in [0.25, 0.3) is 11.7 Å². The van der Waals surface area contributed by atoms with Crippen LogP contribution in [-0.4, -0.2) is 72.2 Å². The molecule has 0 saturated carbocycles. The third kappa shape index (κ3) is 7.64. The molecule has 3 rings (SSSR count). The quantitative estimate of drug-likeness (QED) is 0.132. The van der Waals surface area contributed by atoms with E-state index in [0.717, 1.165) is 32.4 Å². The Labute approximate surface area is 193 Å². The average molecular weight is 463 g/mol. The summed E-state index contributed by atoms with van der Waals surface area (Å²) in [6, 6.07) is -0.709. The minimum Gasteiger partial charge on any atom is -0.442 e. The maximum absolute atomic E-state index is 12.8. The number of amides is 2. The van der Waals surface area contributed by atoms with Gasteiger partial charge in [-0.15, -0.1) is 0 Å². The van der Waals surface area contributed by atoms with Gasteiger partial charge in [0.2, 0.25) is 5.91 Å². The fraction of sp³-hybridized carbons (Fsp3) is 0.682. The molecule has 2 amide bonds. The molecule has 2 aliphatic heterocycles. The number of hydrogen-bond donors (Lipinski definition) is 4. The SMILES string of the molecule is NC(N)=NCCCC([NH2+]C(=O)CN1CCC(CCC2CCNCC2)C1=O)C(=O)c1ncco1. The van der Waals surface area contributed by atoms with Gasteiger partial charge in [-0.1, -0.05) is 0 Å². The number of likely N-dealkylation sites (tertiary alicyclic amines) is 1. The van der Waals surface area contributed by atoms with E-state index in [0.29, 0.717) is 31.8 Å². The van der Waals surface area contributed by atoms with E-state index in [4.69, 9.17) is 15.9 Å². The molecule has 3 heterocycles. The number of piperidine rings is 1. The summed E-state index contributed by atoms with van der Waals surface area (Å²) in [6.07, 6.45) is 8.66. The van der Waals surface area contributed by atoms with Gasteiger partial charge in [0, 0.05) is 25.4 Å². The number of oxazole rings is 1. The van der Waals surface area contributed by atoms with Crippen LogP contribution in [-0.2, 0) is 9.59 Å². The molecular formula is C22H36N7O4+. The van der Waals surface area contributed by atoms with Gasteiger partial charge in [-0.2, -0.15) is 0 Å². The van der Waals surface area contributed by atoms with Crippen LogP contribution in [0, 0.1) is 11.8 Å². The fourth-order valence-corrected chi connectivity index (χ4v) is 4.61. The number of guanidine groups is 1. The van der Waals surface area contributed by atoms with E-state index in [-0.39, 0.29) is 41.9 Å². The molecule has 0 radical (unpaired) electrons. The van der Waals surface area contributed by atoms with Crippen molar-refractivity contribution in [1.29, 1.82) is 0 Å². The van der Waals surface area contributed by atoms with Gasteiger partial charge < -0.3 is 26.1 Å². The topological polar surface area (TPSA) is 174 Å². The first-order chi connectivity index (χ1) is 15.9. The monoisotopic (exact) mass is 462 g/mol. The number of hydrogen-bond acceptors (Lipinski definition) is 7. The Morgan fingerprint density at radius 3 is 2.76 bits per heavy atom. The largest absolute Gasteiger partial charge is 0.442 e. The average Bonchev–Trinajstić information content (AvgIpc) is 3.45. The molecule has 182 valence electrons. The summed E-state index contributed by atoms with van der Waals surface area (Å²) in [5.74, 6) is 0.0452. The Bertz CT molecular complexity index is 817. The second-order valence-electron chi connectivity index (χ2n) is 8.91. The number of nitrogens with two attached hydrogens (primary N) is 3. The molecule has 2 unspecified atom stereocenters. The third-order valence-electron chi connectivity index (χ3n) is 6.47. The van der Waals surface area contributed by atoms with Crippen molar-refractivity contribution in [3.63, 3.8) is 0 Å². The lowest BCUT2D eigenvalue weighted by molar-refractivity contribution is -0.591. The van der Waals surface area contributed by atoms with Crippen LogP contribution in [0.3, 0.4) is 0 Å². The number of nitrogens with one attached hydrogen (secondary N) is 1. The predicted molar refractivity (Wildman–Crippen MR) is 121 cm³/mol. The highest BCUT2D eigenvalue weighted by Gasteiger charge is 2.35. The number of primary amides is 1. The van der Waals surface area contributed by atoms with Gasteiger partial charge in [0.1, 0.15) is 12.8 Å². The van der Waals surface area contributed by atoms with Crippen molar-refractivity contribution in [3.8, 4) is 0 Å². The molecule has 2 saturated heterocycles. The lowest BCUT2D eigenvalue weighted by Crippen LogP contribution is -2.96. The predicted octanol–water partition coefficient (Wildman–Crippen LogP) is -1.00. The van der Waals surface area contributed by atoms with Crippen molar-refractivity contribution in [2.75, 3.05) is 32.7 Å². The van der Waals surface area contributed by atoms with Crippen LogP contribution in [0.1, 0.15) is 55.6 Å². The molecule has 1 aromatic heterocycles. The molecule has 11 heteroatoms. The summed E-state index contributed by atoms with van der Waals surface area (Å²) in [5, 5.41) is 4.75.